The summed E-state index contributed by atoms with van der Waals surface area (Å²) in [6, 6.07) is 2.15. The summed E-state index contributed by atoms with van der Waals surface area (Å²) in [5, 5.41) is 0.531. The van der Waals surface area contributed by atoms with Crippen LogP contribution in [-0.2, 0) is 16.3 Å². The molecule has 21 heavy (non-hydrogen) atoms. The summed E-state index contributed by atoms with van der Waals surface area (Å²) in [4.78, 5) is 4.69. The van der Waals surface area contributed by atoms with Crippen molar-refractivity contribution in [2.75, 3.05) is 32.1 Å². The highest BCUT2D eigenvalue weighted by molar-refractivity contribution is 7.90. The lowest BCUT2D eigenvalue weighted by atomic mass is 10.1. The lowest BCUT2D eigenvalue weighted by Crippen LogP contribution is -2.27. The lowest BCUT2D eigenvalue weighted by molar-refractivity contribution is 0.358. The molecule has 0 saturated heterocycles. The Balaban J connectivity index is 2.04. The first-order valence-electron chi connectivity index (χ1n) is 6.57. The number of sulfone groups is 1. The van der Waals surface area contributed by atoms with Gasteiger partial charge in [0.05, 0.1) is 11.3 Å². The van der Waals surface area contributed by atoms with E-state index in [9.17, 15) is 17.2 Å². The Labute approximate surface area is 122 Å². The first-order chi connectivity index (χ1) is 9.76. The average molecular weight is 316 g/mol. The fraction of sp³-hybridized carbons (Fsp3) is 0.429. The highest BCUT2D eigenvalue weighted by Crippen LogP contribution is 2.22. The van der Waals surface area contributed by atoms with Gasteiger partial charge in [-0.25, -0.2) is 17.2 Å². The van der Waals surface area contributed by atoms with Crippen LogP contribution in [0.15, 0.2) is 18.3 Å². The molecule has 1 N–H and O–H groups in total. The van der Waals surface area contributed by atoms with Gasteiger partial charge in [-0.2, -0.15) is 0 Å². The normalized spacial score (nSPS) is 12.4. The number of nitrogens with zero attached hydrogens (tertiary/aromatic N) is 1. The van der Waals surface area contributed by atoms with Crippen molar-refractivity contribution in [3.63, 3.8) is 0 Å². The third-order valence-corrected chi connectivity index (χ3v) is 4.32. The second-order valence-corrected chi connectivity index (χ2v) is 7.57. The number of hydrogen-bond donors (Lipinski definition) is 1. The smallest absolute Gasteiger partial charge is 0.150 e. The zero-order chi connectivity index (χ0) is 15.6. The maximum atomic E-state index is 13.6. The molecule has 0 saturated carbocycles. The van der Waals surface area contributed by atoms with Crippen LogP contribution in [0, 0.1) is 11.6 Å². The molecule has 0 aliphatic heterocycles. The molecular weight excluding hydrogens is 298 g/mol. The van der Waals surface area contributed by atoms with Crippen LogP contribution in [0.3, 0.4) is 0 Å². The molecular formula is C14H18F2N2O2S. The van der Waals surface area contributed by atoms with Crippen LogP contribution in [-0.4, -0.2) is 50.4 Å². The van der Waals surface area contributed by atoms with E-state index < -0.39 is 21.5 Å². The van der Waals surface area contributed by atoms with Crippen LogP contribution in [0.1, 0.15) is 5.56 Å². The molecule has 0 spiro atoms. The number of rotatable bonds is 6. The van der Waals surface area contributed by atoms with Gasteiger partial charge in [0.15, 0.2) is 0 Å². The molecule has 116 valence electrons. The molecule has 0 aliphatic rings. The summed E-state index contributed by atoms with van der Waals surface area (Å²) >= 11 is 0. The number of halogens is 2. The van der Waals surface area contributed by atoms with Crippen molar-refractivity contribution >= 4 is 20.7 Å². The van der Waals surface area contributed by atoms with Gasteiger partial charge in [-0.15, -0.1) is 0 Å². The molecule has 0 atom stereocenters. The van der Waals surface area contributed by atoms with Crippen LogP contribution < -0.4 is 0 Å². The van der Waals surface area contributed by atoms with Gasteiger partial charge < -0.3 is 9.88 Å². The second-order valence-electron chi connectivity index (χ2n) is 5.31. The number of nitrogens with one attached hydrogen (secondary N) is 1. The van der Waals surface area contributed by atoms with Crippen LogP contribution in [0.5, 0.6) is 0 Å². The third kappa shape index (κ3) is 4.25. The molecule has 0 bridgehead atoms. The second kappa shape index (κ2) is 6.11. The zero-order valence-electron chi connectivity index (χ0n) is 12.0. The Morgan fingerprint density at radius 2 is 1.95 bits per heavy atom. The predicted molar refractivity (Wildman–Crippen MR) is 79.1 cm³/mol. The Hall–Kier alpha value is -1.47. The molecule has 0 amide bonds. The van der Waals surface area contributed by atoms with Crippen LogP contribution in [0.2, 0.25) is 0 Å². The van der Waals surface area contributed by atoms with E-state index in [1.165, 1.54) is 12.3 Å². The van der Waals surface area contributed by atoms with Crippen LogP contribution in [0.4, 0.5) is 8.78 Å². The molecule has 0 radical (unpaired) electrons. The van der Waals surface area contributed by atoms with Crippen molar-refractivity contribution in [1.29, 1.82) is 0 Å². The van der Waals surface area contributed by atoms with E-state index in [1.54, 1.807) is 6.20 Å². The molecule has 0 fully saturated rings. The van der Waals surface area contributed by atoms with Crippen LogP contribution in [0.25, 0.3) is 10.9 Å². The maximum absolute atomic E-state index is 13.6. The Kier molecular flexibility index (Phi) is 4.63. The van der Waals surface area contributed by atoms with Gasteiger partial charge >= 0.3 is 0 Å². The first-order valence-corrected chi connectivity index (χ1v) is 8.63. The van der Waals surface area contributed by atoms with E-state index >= 15 is 0 Å². The van der Waals surface area contributed by atoms with E-state index in [-0.39, 0.29) is 5.75 Å². The Morgan fingerprint density at radius 3 is 2.62 bits per heavy atom. The van der Waals surface area contributed by atoms with Gasteiger partial charge in [-0.1, -0.05) is 0 Å². The Morgan fingerprint density at radius 1 is 1.24 bits per heavy atom. The monoisotopic (exact) mass is 316 g/mol. The third-order valence-electron chi connectivity index (χ3n) is 3.40. The Bertz CT molecular complexity index is 741. The van der Waals surface area contributed by atoms with Crippen molar-refractivity contribution in [1.82, 2.24) is 9.88 Å². The minimum Gasteiger partial charge on any atom is -0.359 e. The molecule has 1 aromatic carbocycles. The summed E-state index contributed by atoms with van der Waals surface area (Å²) < 4.78 is 49.0. The number of fused-ring (bicyclic) bond motifs is 1. The van der Waals surface area contributed by atoms with Gasteiger partial charge in [0.1, 0.15) is 21.5 Å². The fourth-order valence-corrected chi connectivity index (χ4v) is 2.81. The van der Waals surface area contributed by atoms with E-state index in [1.807, 2.05) is 11.9 Å². The van der Waals surface area contributed by atoms with Crippen molar-refractivity contribution in [3.8, 4) is 0 Å². The molecule has 7 heteroatoms. The van der Waals surface area contributed by atoms with Crippen molar-refractivity contribution in [2.24, 2.45) is 0 Å². The standard InChI is InChI=1S/C14H18F2N2O2S/c1-18(5-6-21(2,19)20)4-3-10-9-17-14-12(10)7-11(15)8-13(14)16/h7-9,17H,3-6H2,1-2H3. The van der Waals surface area contributed by atoms with Gasteiger partial charge in [0.2, 0.25) is 0 Å². The largest absolute Gasteiger partial charge is 0.359 e. The first kappa shape index (κ1) is 15.9. The summed E-state index contributed by atoms with van der Waals surface area (Å²) in [5.41, 5.74) is 1.11. The summed E-state index contributed by atoms with van der Waals surface area (Å²) in [6.07, 6.45) is 3.45. The quantitative estimate of drug-likeness (QED) is 0.886. The molecule has 0 unspecified atom stereocenters. The predicted octanol–water partition coefficient (Wildman–Crippen LogP) is 1.97. The van der Waals surface area contributed by atoms with E-state index in [2.05, 4.69) is 4.98 Å². The van der Waals surface area contributed by atoms with Crippen molar-refractivity contribution in [3.05, 3.63) is 35.5 Å². The molecule has 2 rings (SSSR count). The number of aromatic amines is 1. The molecule has 1 aromatic heterocycles. The number of likely N-dealkylation sites (N-methyl/N-ethyl adjacent to an activating group) is 1. The molecule has 1 heterocycles. The summed E-state index contributed by atoms with van der Waals surface area (Å²) in [7, 11) is -1.16. The van der Waals surface area contributed by atoms with Crippen LogP contribution >= 0.6 is 0 Å². The van der Waals surface area contributed by atoms with Gasteiger partial charge in [0.25, 0.3) is 0 Å². The fourth-order valence-electron chi connectivity index (χ4n) is 2.16. The highest BCUT2D eigenvalue weighted by Gasteiger charge is 2.11. The molecule has 4 nitrogen and oxygen atoms in total. The summed E-state index contributed by atoms with van der Waals surface area (Å²) in [5.74, 6) is -1.12. The van der Waals surface area contributed by atoms with Crippen molar-refractivity contribution in [2.45, 2.75) is 6.42 Å². The SMILES string of the molecule is CN(CCc1c[nH]c2c(F)cc(F)cc12)CCS(C)(=O)=O. The molecule has 2 aromatic rings. The number of benzene rings is 1. The number of aromatic nitrogens is 1. The number of hydrogen-bond acceptors (Lipinski definition) is 3. The average Bonchev–Trinajstić information content (AvgIpc) is 2.76. The minimum absolute atomic E-state index is 0.0979. The van der Waals surface area contributed by atoms with E-state index in [4.69, 9.17) is 0 Å². The minimum atomic E-state index is -2.98. The molecule has 0 aliphatic carbocycles. The topological polar surface area (TPSA) is 53.2 Å². The summed E-state index contributed by atoms with van der Waals surface area (Å²) in [6.45, 7) is 1.05. The maximum Gasteiger partial charge on any atom is 0.150 e. The van der Waals surface area contributed by atoms with Gasteiger partial charge in [-0.3, -0.25) is 0 Å². The van der Waals surface area contributed by atoms with Crippen molar-refractivity contribution < 1.29 is 17.2 Å². The van der Waals surface area contributed by atoms with E-state index in [0.717, 1.165) is 11.6 Å². The van der Waals surface area contributed by atoms with E-state index in [0.29, 0.717) is 30.4 Å². The number of H-pyrrole nitrogens is 1. The van der Waals surface area contributed by atoms with Gasteiger partial charge in [0, 0.05) is 37.0 Å². The van der Waals surface area contributed by atoms with Gasteiger partial charge in [-0.05, 0) is 25.1 Å². The lowest BCUT2D eigenvalue weighted by Gasteiger charge is -2.15. The highest BCUT2D eigenvalue weighted by atomic mass is 32.2. The zero-order valence-corrected chi connectivity index (χ0v) is 12.8.